The Hall–Kier alpha value is -2.71. The number of tetrazole rings is 1. The van der Waals surface area contributed by atoms with Gasteiger partial charge in [-0.05, 0) is 35.0 Å². The number of esters is 1. The molecule has 12 nitrogen and oxygen atoms in total. The van der Waals surface area contributed by atoms with E-state index >= 15 is 0 Å². The van der Waals surface area contributed by atoms with Crippen LogP contribution >= 0.6 is 23.5 Å². The van der Waals surface area contributed by atoms with Crippen molar-refractivity contribution < 1.29 is 24.4 Å². The first-order valence-corrected chi connectivity index (χ1v) is 11.6. The molecule has 2 aliphatic heterocycles. The van der Waals surface area contributed by atoms with Gasteiger partial charge in [-0.1, -0.05) is 11.8 Å². The molecule has 0 aliphatic carbocycles. The van der Waals surface area contributed by atoms with Crippen LogP contribution in [0.5, 0.6) is 0 Å². The minimum atomic E-state index is -0.772. The van der Waals surface area contributed by atoms with Gasteiger partial charge in [-0.2, -0.15) is 0 Å². The van der Waals surface area contributed by atoms with E-state index in [0.29, 0.717) is 22.9 Å². The van der Waals surface area contributed by atoms with Crippen molar-refractivity contribution >= 4 is 41.1 Å². The van der Waals surface area contributed by atoms with Crippen LogP contribution in [0.3, 0.4) is 0 Å². The van der Waals surface area contributed by atoms with E-state index in [0.717, 1.165) is 0 Å². The van der Waals surface area contributed by atoms with E-state index in [9.17, 15) is 19.7 Å². The third kappa shape index (κ3) is 4.29. The number of aromatic nitrogens is 4. The van der Waals surface area contributed by atoms with Gasteiger partial charge in [0.25, 0.3) is 5.69 Å². The Morgan fingerprint density at radius 1 is 1.44 bits per heavy atom. The van der Waals surface area contributed by atoms with Crippen molar-refractivity contribution in [2.45, 2.75) is 47.8 Å². The summed E-state index contributed by atoms with van der Waals surface area (Å²) in [6.07, 6.45) is 0.374. The summed E-state index contributed by atoms with van der Waals surface area (Å²) in [4.78, 5) is 37.1. The molecule has 2 saturated heterocycles. The average molecular weight is 481 g/mol. The highest BCUT2D eigenvalue weighted by Crippen LogP contribution is 2.52. The second-order valence-electron chi connectivity index (χ2n) is 7.52. The molecule has 2 fully saturated rings. The molecule has 170 valence electrons. The van der Waals surface area contributed by atoms with Crippen LogP contribution in [-0.4, -0.2) is 75.5 Å². The number of ether oxygens (including phenoxy) is 1. The molecule has 3 atom stereocenters. The Morgan fingerprint density at radius 3 is 2.84 bits per heavy atom. The van der Waals surface area contributed by atoms with Crippen LogP contribution in [0, 0.1) is 10.1 Å². The normalized spacial score (nSPS) is 24.2. The number of hydrogen-bond acceptors (Lipinski definition) is 11. The van der Waals surface area contributed by atoms with Crippen LogP contribution in [0.1, 0.15) is 18.9 Å². The van der Waals surface area contributed by atoms with Gasteiger partial charge < -0.3 is 14.7 Å². The Kier molecular flexibility index (Phi) is 6.35. The van der Waals surface area contributed by atoms with Crippen molar-refractivity contribution in [2.24, 2.45) is 0 Å². The van der Waals surface area contributed by atoms with Crippen molar-refractivity contribution in [1.29, 1.82) is 0 Å². The lowest BCUT2D eigenvalue weighted by Gasteiger charge is -2.37. The van der Waals surface area contributed by atoms with E-state index in [-0.39, 0.29) is 36.7 Å². The molecule has 0 bridgehead atoms. The highest BCUT2D eigenvalue weighted by atomic mass is 32.2. The number of benzene rings is 1. The fraction of sp³-hybridized carbons (Fsp3) is 0.500. The van der Waals surface area contributed by atoms with Gasteiger partial charge in [0.05, 0.1) is 34.6 Å². The van der Waals surface area contributed by atoms with Gasteiger partial charge in [0.1, 0.15) is 12.6 Å². The number of non-ortho nitro benzene ring substituents is 1. The van der Waals surface area contributed by atoms with Gasteiger partial charge in [0.15, 0.2) is 0 Å². The summed E-state index contributed by atoms with van der Waals surface area (Å²) >= 11 is 2.90. The molecular weight excluding hydrogens is 460 g/mol. The van der Waals surface area contributed by atoms with Crippen molar-refractivity contribution in [2.75, 3.05) is 12.4 Å². The van der Waals surface area contributed by atoms with Crippen LogP contribution in [0.15, 0.2) is 29.4 Å². The van der Waals surface area contributed by atoms with Gasteiger partial charge in [-0.25, -0.2) is 9.48 Å². The molecule has 32 heavy (non-hydrogen) atoms. The lowest BCUT2D eigenvalue weighted by atomic mass is 9.98. The predicted octanol–water partition coefficient (Wildman–Crippen LogP) is 0.842. The maximum absolute atomic E-state index is 13.1. The summed E-state index contributed by atoms with van der Waals surface area (Å²) in [6, 6.07) is 4.98. The van der Waals surface area contributed by atoms with Gasteiger partial charge >= 0.3 is 5.97 Å². The van der Waals surface area contributed by atoms with Gasteiger partial charge in [-0.3, -0.25) is 14.9 Å². The molecule has 14 heteroatoms. The number of thioether (sulfide) groups is 2. The fourth-order valence-corrected chi connectivity index (χ4v) is 6.58. The fourth-order valence-electron chi connectivity index (χ4n) is 3.65. The number of aliphatic hydroxyl groups is 1. The number of amides is 1. The van der Waals surface area contributed by atoms with Gasteiger partial charge in [0, 0.05) is 17.9 Å². The number of aliphatic hydroxyl groups excluding tert-OH is 1. The zero-order valence-electron chi connectivity index (χ0n) is 17.0. The third-order valence-corrected chi connectivity index (χ3v) is 8.31. The Labute approximate surface area is 190 Å². The van der Waals surface area contributed by atoms with Crippen LogP contribution in [-0.2, 0) is 27.5 Å². The summed E-state index contributed by atoms with van der Waals surface area (Å²) in [5.41, 5.74) is 0.565. The highest BCUT2D eigenvalue weighted by molar-refractivity contribution is 8.04. The average Bonchev–Trinajstić information content (AvgIpc) is 3.30. The van der Waals surface area contributed by atoms with E-state index < -0.39 is 21.7 Å². The summed E-state index contributed by atoms with van der Waals surface area (Å²) < 4.78 is 6.35. The monoisotopic (exact) mass is 480 g/mol. The maximum atomic E-state index is 13.1. The minimum absolute atomic E-state index is 0.0468. The molecular formula is C18H20N6O6S2. The molecule has 2 aliphatic rings. The van der Waals surface area contributed by atoms with Crippen LogP contribution in [0.25, 0.3) is 0 Å². The first-order chi connectivity index (χ1) is 15.3. The minimum Gasteiger partial charge on any atom is -0.459 e. The second-order valence-corrected chi connectivity index (χ2v) is 10.2. The lowest BCUT2D eigenvalue weighted by molar-refractivity contribution is -0.384. The number of carbonyl (C=O) groups is 2. The summed E-state index contributed by atoms with van der Waals surface area (Å²) in [7, 11) is 0. The molecule has 1 aromatic heterocycles. The maximum Gasteiger partial charge on any atom is 0.330 e. The van der Waals surface area contributed by atoms with Gasteiger partial charge in [0.2, 0.25) is 11.1 Å². The smallest absolute Gasteiger partial charge is 0.330 e. The molecule has 1 N–H and O–H groups in total. The number of carbonyl (C=O) groups excluding carboxylic acids is 2. The van der Waals surface area contributed by atoms with E-state index in [1.54, 1.807) is 16.7 Å². The first-order valence-electron chi connectivity index (χ1n) is 9.71. The molecule has 1 amide bonds. The third-order valence-electron chi connectivity index (χ3n) is 5.26. The SMILES string of the molecule is C[C@@]1(CSc2nnnn2CCO)S[C@H]2CC(=O)N2[C@H]1C(=O)OCc1ccc([N+](=O)[O-])cc1. The molecule has 1 aromatic carbocycles. The number of fused-ring (bicyclic) bond motifs is 1. The van der Waals surface area contributed by atoms with Crippen LogP contribution in [0.4, 0.5) is 5.69 Å². The summed E-state index contributed by atoms with van der Waals surface area (Å²) in [5, 5.41) is 31.8. The van der Waals surface area contributed by atoms with Crippen molar-refractivity contribution in [3.8, 4) is 0 Å². The number of nitro benzene ring substituents is 1. The summed E-state index contributed by atoms with van der Waals surface area (Å²) in [6.45, 7) is 2.01. The van der Waals surface area contributed by atoms with Gasteiger partial charge in [-0.15, -0.1) is 16.9 Å². The van der Waals surface area contributed by atoms with E-state index in [4.69, 9.17) is 9.84 Å². The zero-order valence-corrected chi connectivity index (χ0v) is 18.6. The number of hydrogen-bond donors (Lipinski definition) is 1. The standard InChI is InChI=1S/C18H20N6O6S2/c1-18(10-31-17-19-20-21-22(17)6-7-25)15(23-13(26)8-14(23)32-18)16(27)30-9-11-2-4-12(5-3-11)24(28)29/h2-5,14-15,25H,6-10H2,1H3/t14-,15-,18-/m0/s1. The topological polar surface area (TPSA) is 154 Å². The first kappa shape index (κ1) is 22.5. The van der Waals surface area contributed by atoms with Crippen molar-refractivity contribution in [3.05, 3.63) is 39.9 Å². The van der Waals surface area contributed by atoms with Crippen molar-refractivity contribution in [1.82, 2.24) is 25.1 Å². The molecule has 4 rings (SSSR count). The molecule has 0 radical (unpaired) electrons. The Bertz CT molecular complexity index is 1030. The molecule has 2 aromatic rings. The molecule has 0 unspecified atom stereocenters. The lowest BCUT2D eigenvalue weighted by Crippen LogP contribution is -2.58. The van der Waals surface area contributed by atoms with E-state index in [1.165, 1.54) is 40.7 Å². The second kappa shape index (κ2) is 9.03. The largest absolute Gasteiger partial charge is 0.459 e. The Morgan fingerprint density at radius 2 is 2.19 bits per heavy atom. The van der Waals surface area contributed by atoms with Crippen molar-refractivity contribution in [3.63, 3.8) is 0 Å². The zero-order chi connectivity index (χ0) is 22.9. The predicted molar refractivity (Wildman–Crippen MR) is 114 cm³/mol. The quantitative estimate of drug-likeness (QED) is 0.178. The van der Waals surface area contributed by atoms with E-state index in [2.05, 4.69) is 15.5 Å². The molecule has 0 saturated carbocycles. The summed E-state index contributed by atoms with van der Waals surface area (Å²) in [5.74, 6) is -0.177. The number of β-lactam (4-membered cyclic amide) rings is 1. The number of nitrogens with zero attached hydrogens (tertiary/aromatic N) is 6. The van der Waals surface area contributed by atoms with Crippen LogP contribution < -0.4 is 0 Å². The number of nitro groups is 1. The Balaban J connectivity index is 1.45. The molecule has 0 spiro atoms. The molecule has 3 heterocycles. The van der Waals surface area contributed by atoms with Crippen LogP contribution in [0.2, 0.25) is 0 Å². The van der Waals surface area contributed by atoms with E-state index in [1.807, 2.05) is 6.92 Å². The highest BCUT2D eigenvalue weighted by Gasteiger charge is 2.61. The number of rotatable bonds is 9.